The molecule has 0 atom stereocenters. The Kier molecular flexibility index (Phi) is 6.26. The quantitative estimate of drug-likeness (QED) is 0.605. The van der Waals surface area contributed by atoms with Crippen molar-refractivity contribution in [1.29, 1.82) is 0 Å². The smallest absolute Gasteiger partial charge is 0.0784 e. The van der Waals surface area contributed by atoms with Gasteiger partial charge >= 0.3 is 0 Å². The average molecular weight is 330 g/mol. The van der Waals surface area contributed by atoms with Gasteiger partial charge in [0, 0.05) is 16.5 Å². The van der Waals surface area contributed by atoms with Gasteiger partial charge in [0.15, 0.2) is 0 Å². The lowest BCUT2D eigenvalue weighted by atomic mass is 9.88. The lowest BCUT2D eigenvalue weighted by Gasteiger charge is -2.22. The monoisotopic (exact) mass is 329 g/mol. The summed E-state index contributed by atoms with van der Waals surface area (Å²) in [6.07, 6.45) is 1.93. The molecular formula is C14H20BrNOS. The second-order valence-corrected chi connectivity index (χ2v) is 6.39. The summed E-state index contributed by atoms with van der Waals surface area (Å²) in [5, 5.41) is 0. The lowest BCUT2D eigenvalue weighted by Crippen LogP contribution is -2.29. The number of hydrogen-bond donors (Lipinski definition) is 1. The number of benzene rings is 1. The third-order valence-electron chi connectivity index (χ3n) is 2.94. The Morgan fingerprint density at radius 3 is 2.50 bits per heavy atom. The summed E-state index contributed by atoms with van der Waals surface area (Å²) in [7, 11) is 0. The maximum absolute atomic E-state index is 5.68. The minimum absolute atomic E-state index is 0.0731. The van der Waals surface area contributed by atoms with Gasteiger partial charge in [-0.1, -0.05) is 54.1 Å². The maximum Gasteiger partial charge on any atom is 0.0784 e. The zero-order valence-corrected chi connectivity index (χ0v) is 13.3. The van der Waals surface area contributed by atoms with E-state index in [4.69, 9.17) is 22.7 Å². The van der Waals surface area contributed by atoms with Gasteiger partial charge < -0.3 is 10.5 Å². The molecule has 0 aromatic heterocycles. The molecule has 0 heterocycles. The zero-order chi connectivity index (χ0) is 13.6. The van der Waals surface area contributed by atoms with Crippen molar-refractivity contribution < 1.29 is 4.74 Å². The molecule has 0 aliphatic heterocycles. The highest BCUT2D eigenvalue weighted by atomic mass is 79.9. The van der Waals surface area contributed by atoms with Crippen LogP contribution in [0.2, 0.25) is 0 Å². The van der Waals surface area contributed by atoms with E-state index in [2.05, 4.69) is 41.9 Å². The molecule has 0 unspecified atom stereocenters. The molecule has 100 valence electrons. The molecule has 0 aliphatic carbocycles. The fraction of sp³-hybridized carbons (Fsp3) is 0.500. The molecule has 2 N–H and O–H groups in total. The van der Waals surface area contributed by atoms with E-state index < -0.39 is 0 Å². The highest BCUT2D eigenvalue weighted by Gasteiger charge is 2.20. The van der Waals surface area contributed by atoms with Gasteiger partial charge in [0.2, 0.25) is 0 Å². The molecule has 0 saturated carbocycles. The molecule has 4 heteroatoms. The third-order valence-corrected chi connectivity index (χ3v) is 4.02. The molecule has 0 bridgehead atoms. The molecule has 18 heavy (non-hydrogen) atoms. The number of ether oxygens (including phenoxy) is 1. The fourth-order valence-corrected chi connectivity index (χ4v) is 1.88. The van der Waals surface area contributed by atoms with Crippen LogP contribution in [0.5, 0.6) is 0 Å². The highest BCUT2D eigenvalue weighted by molar-refractivity contribution is 9.10. The van der Waals surface area contributed by atoms with Gasteiger partial charge in [-0.3, -0.25) is 0 Å². The summed E-state index contributed by atoms with van der Waals surface area (Å²) >= 11 is 8.44. The first-order chi connectivity index (χ1) is 8.42. The summed E-state index contributed by atoms with van der Waals surface area (Å²) in [6, 6.07) is 8.16. The highest BCUT2D eigenvalue weighted by Crippen LogP contribution is 2.22. The second kappa shape index (κ2) is 7.22. The van der Waals surface area contributed by atoms with Crippen LogP contribution in [-0.4, -0.2) is 11.6 Å². The molecule has 0 radical (unpaired) electrons. The van der Waals surface area contributed by atoms with Gasteiger partial charge in [-0.05, 0) is 30.5 Å². The summed E-state index contributed by atoms with van der Waals surface area (Å²) in [6.45, 7) is 5.54. The third kappa shape index (κ3) is 5.46. The summed E-state index contributed by atoms with van der Waals surface area (Å²) in [5.41, 5.74) is 6.79. The first kappa shape index (κ1) is 15.6. The Bertz CT molecular complexity index is 389. The Labute approximate surface area is 123 Å². The van der Waals surface area contributed by atoms with Gasteiger partial charge in [-0.25, -0.2) is 0 Å². The van der Waals surface area contributed by atoms with Crippen LogP contribution < -0.4 is 5.73 Å². The first-order valence-electron chi connectivity index (χ1n) is 6.04. The summed E-state index contributed by atoms with van der Waals surface area (Å²) in [4.78, 5) is 0.579. The topological polar surface area (TPSA) is 35.2 Å². The van der Waals surface area contributed by atoms with E-state index in [1.54, 1.807) is 0 Å². The molecule has 1 aromatic rings. The van der Waals surface area contributed by atoms with Crippen molar-refractivity contribution in [3.63, 3.8) is 0 Å². The van der Waals surface area contributed by atoms with E-state index in [1.165, 1.54) is 5.56 Å². The van der Waals surface area contributed by atoms with Crippen molar-refractivity contribution in [2.75, 3.05) is 6.61 Å². The minimum atomic E-state index is -0.0731. The lowest BCUT2D eigenvalue weighted by molar-refractivity contribution is 0.113. The van der Waals surface area contributed by atoms with Crippen LogP contribution in [0.3, 0.4) is 0 Å². The van der Waals surface area contributed by atoms with E-state index in [-0.39, 0.29) is 5.41 Å². The van der Waals surface area contributed by atoms with Crippen molar-refractivity contribution >= 4 is 33.1 Å². The largest absolute Gasteiger partial charge is 0.393 e. The Morgan fingerprint density at radius 1 is 1.33 bits per heavy atom. The molecular weight excluding hydrogens is 310 g/mol. The van der Waals surface area contributed by atoms with Crippen LogP contribution in [0.4, 0.5) is 0 Å². The predicted molar refractivity (Wildman–Crippen MR) is 83.6 cm³/mol. The van der Waals surface area contributed by atoms with Gasteiger partial charge in [0.25, 0.3) is 0 Å². The van der Waals surface area contributed by atoms with E-state index in [0.29, 0.717) is 11.6 Å². The number of thiocarbonyl (C=S) groups is 1. The van der Waals surface area contributed by atoms with Gasteiger partial charge in [0.05, 0.1) is 11.6 Å². The molecule has 0 aliphatic rings. The Morgan fingerprint density at radius 2 is 1.94 bits per heavy atom. The van der Waals surface area contributed by atoms with Crippen molar-refractivity contribution in [3.8, 4) is 0 Å². The molecule has 0 amide bonds. The van der Waals surface area contributed by atoms with Crippen LogP contribution in [0.15, 0.2) is 28.7 Å². The van der Waals surface area contributed by atoms with Crippen molar-refractivity contribution in [2.45, 2.75) is 33.3 Å². The van der Waals surface area contributed by atoms with E-state index >= 15 is 0 Å². The summed E-state index contributed by atoms with van der Waals surface area (Å²) in [5.74, 6) is 0. The molecule has 1 rings (SSSR count). The average Bonchev–Trinajstić information content (AvgIpc) is 2.31. The predicted octanol–water partition coefficient (Wildman–Crippen LogP) is 4.06. The molecule has 0 saturated heterocycles. The summed E-state index contributed by atoms with van der Waals surface area (Å²) < 4.78 is 6.72. The number of halogens is 1. The van der Waals surface area contributed by atoms with Crippen LogP contribution >= 0.6 is 28.1 Å². The normalized spacial score (nSPS) is 11.5. The zero-order valence-electron chi connectivity index (χ0n) is 10.9. The first-order valence-corrected chi connectivity index (χ1v) is 7.24. The Balaban J connectivity index is 2.20. The molecule has 2 nitrogen and oxygen atoms in total. The molecule has 0 spiro atoms. The second-order valence-electron chi connectivity index (χ2n) is 5.03. The minimum Gasteiger partial charge on any atom is -0.393 e. The van der Waals surface area contributed by atoms with Crippen LogP contribution in [0.25, 0.3) is 0 Å². The molecule has 1 aromatic carbocycles. The maximum atomic E-state index is 5.68. The Hall–Kier alpha value is -0.450. The SMILES string of the molecule is CC(C)(CCCOCc1ccc(Br)cc1)C(N)=S. The number of nitrogens with two attached hydrogens (primary N) is 1. The number of rotatable bonds is 7. The van der Waals surface area contributed by atoms with Crippen molar-refractivity contribution in [2.24, 2.45) is 11.1 Å². The number of hydrogen-bond acceptors (Lipinski definition) is 2. The van der Waals surface area contributed by atoms with Crippen LogP contribution in [-0.2, 0) is 11.3 Å². The van der Waals surface area contributed by atoms with E-state index in [0.717, 1.165) is 23.9 Å². The van der Waals surface area contributed by atoms with Crippen LogP contribution in [0.1, 0.15) is 32.3 Å². The standard InChI is InChI=1S/C14H20BrNOS/c1-14(2,13(16)18)8-3-9-17-10-11-4-6-12(15)7-5-11/h4-7H,3,8-10H2,1-2H3,(H2,16,18). The van der Waals surface area contributed by atoms with E-state index in [1.807, 2.05) is 12.1 Å². The van der Waals surface area contributed by atoms with Crippen molar-refractivity contribution in [3.05, 3.63) is 34.3 Å². The van der Waals surface area contributed by atoms with Crippen molar-refractivity contribution in [1.82, 2.24) is 0 Å². The van der Waals surface area contributed by atoms with E-state index in [9.17, 15) is 0 Å². The van der Waals surface area contributed by atoms with Gasteiger partial charge in [-0.2, -0.15) is 0 Å². The van der Waals surface area contributed by atoms with Crippen LogP contribution in [0, 0.1) is 5.41 Å². The van der Waals surface area contributed by atoms with Gasteiger partial charge in [0.1, 0.15) is 0 Å². The van der Waals surface area contributed by atoms with Gasteiger partial charge in [-0.15, -0.1) is 0 Å². The molecule has 0 fully saturated rings. The fourth-order valence-electron chi connectivity index (χ4n) is 1.51.